The van der Waals surface area contributed by atoms with Crippen LogP contribution in [0.3, 0.4) is 0 Å². The third kappa shape index (κ3) is 9.92. The number of carbonyl (C=O) groups is 5. The topological polar surface area (TPSA) is 179 Å². The van der Waals surface area contributed by atoms with Gasteiger partial charge in [-0.1, -0.05) is 25.8 Å². The maximum Gasteiger partial charge on any atom is 0.341 e. The Bertz CT molecular complexity index is 839. The highest BCUT2D eigenvalue weighted by Gasteiger charge is 2.23. The molecule has 11 nitrogen and oxygen atoms in total. The molecule has 0 aromatic heterocycles. The van der Waals surface area contributed by atoms with Gasteiger partial charge in [-0.15, -0.1) is 0 Å². The molecule has 0 aliphatic heterocycles. The lowest BCUT2D eigenvalue weighted by Gasteiger charge is -2.19. The SMILES string of the molecule is CCCCCNC(=O)[C@H](Cc1ccc(OCC(=O)O)c(C(=O)O)c1)NC(=O)CCC(=O)O. The molecule has 1 aromatic carbocycles. The number of unbranched alkanes of at least 4 members (excludes halogenated alkanes) is 2. The molecule has 0 fully saturated rings. The molecule has 0 saturated heterocycles. The molecular weight excluding hydrogens is 424 g/mol. The smallest absolute Gasteiger partial charge is 0.341 e. The number of carboxylic acid groups (broad SMARTS) is 3. The fourth-order valence-corrected chi connectivity index (χ4v) is 2.78. The van der Waals surface area contributed by atoms with Crippen LogP contribution in [0.2, 0.25) is 0 Å². The summed E-state index contributed by atoms with van der Waals surface area (Å²) in [6, 6.07) is 2.93. The fourth-order valence-electron chi connectivity index (χ4n) is 2.78. The molecule has 0 unspecified atom stereocenters. The van der Waals surface area contributed by atoms with Gasteiger partial charge in [0, 0.05) is 19.4 Å². The lowest BCUT2D eigenvalue weighted by atomic mass is 10.0. The molecule has 11 heteroatoms. The summed E-state index contributed by atoms with van der Waals surface area (Å²) in [6.07, 6.45) is 1.86. The van der Waals surface area contributed by atoms with E-state index in [1.165, 1.54) is 18.2 Å². The average Bonchev–Trinajstić information content (AvgIpc) is 2.73. The molecule has 1 rings (SSSR count). The number of amides is 2. The quantitative estimate of drug-likeness (QED) is 0.243. The second-order valence-electron chi connectivity index (χ2n) is 7.03. The van der Waals surface area contributed by atoms with Crippen LogP contribution in [0.15, 0.2) is 18.2 Å². The Morgan fingerprint density at radius 2 is 1.72 bits per heavy atom. The summed E-state index contributed by atoms with van der Waals surface area (Å²) in [5.74, 6) is -5.01. The molecule has 0 aliphatic rings. The Hall–Kier alpha value is -3.63. The minimum Gasteiger partial charge on any atom is -0.481 e. The second kappa shape index (κ2) is 13.6. The van der Waals surface area contributed by atoms with Crippen molar-refractivity contribution in [3.05, 3.63) is 29.3 Å². The van der Waals surface area contributed by atoms with E-state index >= 15 is 0 Å². The highest BCUT2D eigenvalue weighted by Crippen LogP contribution is 2.21. The van der Waals surface area contributed by atoms with Gasteiger partial charge in [-0.2, -0.15) is 0 Å². The van der Waals surface area contributed by atoms with E-state index in [1.807, 2.05) is 6.92 Å². The number of rotatable bonds is 15. The summed E-state index contributed by atoms with van der Waals surface area (Å²) in [6.45, 7) is 1.69. The third-order valence-corrected chi connectivity index (χ3v) is 4.36. The predicted molar refractivity (Wildman–Crippen MR) is 112 cm³/mol. The van der Waals surface area contributed by atoms with Crippen molar-refractivity contribution < 1.29 is 44.0 Å². The first kappa shape index (κ1) is 26.4. The van der Waals surface area contributed by atoms with Crippen LogP contribution in [0.4, 0.5) is 0 Å². The van der Waals surface area contributed by atoms with Gasteiger partial charge in [0.25, 0.3) is 0 Å². The second-order valence-corrected chi connectivity index (χ2v) is 7.03. The van der Waals surface area contributed by atoms with Gasteiger partial charge in [0.05, 0.1) is 6.42 Å². The van der Waals surface area contributed by atoms with Crippen molar-refractivity contribution in [2.24, 2.45) is 0 Å². The van der Waals surface area contributed by atoms with Crippen molar-refractivity contribution >= 4 is 29.7 Å². The van der Waals surface area contributed by atoms with Crippen LogP contribution >= 0.6 is 0 Å². The zero-order valence-corrected chi connectivity index (χ0v) is 17.8. The summed E-state index contributed by atoms with van der Waals surface area (Å²) < 4.78 is 4.98. The zero-order valence-electron chi connectivity index (χ0n) is 17.8. The fraction of sp³-hybridized carbons (Fsp3) is 0.476. The molecule has 176 valence electrons. The van der Waals surface area contributed by atoms with Crippen molar-refractivity contribution in [3.63, 3.8) is 0 Å². The van der Waals surface area contributed by atoms with Crippen molar-refractivity contribution in [2.75, 3.05) is 13.2 Å². The summed E-state index contributed by atoms with van der Waals surface area (Å²) in [7, 11) is 0. The molecule has 0 saturated carbocycles. The van der Waals surface area contributed by atoms with Crippen molar-refractivity contribution in [1.82, 2.24) is 10.6 Å². The molecule has 5 N–H and O–H groups in total. The standard InChI is InChI=1S/C21H28N2O9/c1-2-3-4-9-22-20(29)15(23-17(24)7-8-18(25)26)11-13-5-6-16(32-12-19(27)28)14(10-13)21(30)31/h5-6,10,15H,2-4,7-9,11-12H2,1H3,(H,22,29)(H,23,24)(H,25,26)(H,27,28)(H,30,31)/t15-/m0/s1. The van der Waals surface area contributed by atoms with Gasteiger partial charge in [-0.3, -0.25) is 14.4 Å². The Morgan fingerprint density at radius 1 is 1.00 bits per heavy atom. The molecule has 1 aromatic rings. The van der Waals surface area contributed by atoms with Crippen molar-refractivity contribution in [2.45, 2.75) is 51.5 Å². The summed E-state index contributed by atoms with van der Waals surface area (Å²) in [5, 5.41) is 32.1. The van der Waals surface area contributed by atoms with Crippen LogP contribution in [-0.2, 0) is 25.6 Å². The van der Waals surface area contributed by atoms with E-state index in [4.69, 9.17) is 14.9 Å². The molecule has 0 aliphatic carbocycles. The van der Waals surface area contributed by atoms with Crippen LogP contribution in [0.1, 0.15) is 54.9 Å². The van der Waals surface area contributed by atoms with Gasteiger partial charge in [-0.05, 0) is 24.1 Å². The van der Waals surface area contributed by atoms with Gasteiger partial charge in [0.15, 0.2) is 6.61 Å². The van der Waals surface area contributed by atoms with Gasteiger partial charge < -0.3 is 30.7 Å². The number of hydrogen-bond acceptors (Lipinski definition) is 6. The first-order valence-electron chi connectivity index (χ1n) is 10.1. The molecular formula is C21H28N2O9. The first-order chi connectivity index (χ1) is 15.1. The monoisotopic (exact) mass is 452 g/mol. The van der Waals surface area contributed by atoms with Gasteiger partial charge >= 0.3 is 17.9 Å². The summed E-state index contributed by atoms with van der Waals surface area (Å²) in [4.78, 5) is 57.6. The Balaban J connectivity index is 3.00. The van der Waals surface area contributed by atoms with Gasteiger partial charge in [0.2, 0.25) is 11.8 Å². The minimum absolute atomic E-state index is 0.0576. The van der Waals surface area contributed by atoms with Crippen LogP contribution in [0.25, 0.3) is 0 Å². The zero-order chi connectivity index (χ0) is 24.1. The third-order valence-electron chi connectivity index (χ3n) is 4.36. The van der Waals surface area contributed by atoms with E-state index < -0.39 is 48.8 Å². The summed E-state index contributed by atoms with van der Waals surface area (Å²) >= 11 is 0. The maximum absolute atomic E-state index is 12.6. The number of ether oxygens (including phenoxy) is 1. The normalized spacial score (nSPS) is 11.3. The number of hydrogen-bond donors (Lipinski definition) is 5. The average molecular weight is 452 g/mol. The van der Waals surface area contributed by atoms with Crippen LogP contribution < -0.4 is 15.4 Å². The Kier molecular flexibility index (Phi) is 11.2. The highest BCUT2D eigenvalue weighted by atomic mass is 16.5. The number of nitrogens with one attached hydrogen (secondary N) is 2. The van der Waals surface area contributed by atoms with E-state index in [0.29, 0.717) is 12.1 Å². The van der Waals surface area contributed by atoms with E-state index in [1.54, 1.807) is 0 Å². The van der Waals surface area contributed by atoms with Crippen molar-refractivity contribution in [1.29, 1.82) is 0 Å². The lowest BCUT2D eigenvalue weighted by molar-refractivity contribution is -0.139. The molecule has 0 bridgehead atoms. The van der Waals surface area contributed by atoms with Crippen molar-refractivity contribution in [3.8, 4) is 5.75 Å². The number of carboxylic acids is 3. The van der Waals surface area contributed by atoms with Crippen LogP contribution in [-0.4, -0.2) is 64.2 Å². The van der Waals surface area contributed by atoms with E-state index in [9.17, 15) is 29.1 Å². The van der Waals surface area contributed by atoms with Crippen LogP contribution in [0.5, 0.6) is 5.75 Å². The minimum atomic E-state index is -1.35. The number of aliphatic carboxylic acids is 2. The first-order valence-corrected chi connectivity index (χ1v) is 10.1. The Labute approximate surface area is 184 Å². The molecule has 2 amide bonds. The van der Waals surface area contributed by atoms with Gasteiger partial charge in [0.1, 0.15) is 17.4 Å². The number of benzene rings is 1. The molecule has 0 spiro atoms. The molecule has 0 heterocycles. The lowest BCUT2D eigenvalue weighted by Crippen LogP contribution is -2.48. The number of carbonyl (C=O) groups excluding carboxylic acids is 2. The van der Waals surface area contributed by atoms with Crippen LogP contribution in [0, 0.1) is 0 Å². The van der Waals surface area contributed by atoms with Gasteiger partial charge in [-0.25, -0.2) is 9.59 Å². The summed E-state index contributed by atoms with van der Waals surface area (Å²) in [5.41, 5.74) is 0.0976. The van der Waals surface area contributed by atoms with E-state index in [2.05, 4.69) is 10.6 Å². The largest absolute Gasteiger partial charge is 0.481 e. The molecule has 32 heavy (non-hydrogen) atoms. The predicted octanol–water partition coefficient (Wildman–Crippen LogP) is 1.05. The van der Waals surface area contributed by atoms with E-state index in [0.717, 1.165) is 19.3 Å². The molecule has 0 radical (unpaired) electrons. The van der Waals surface area contributed by atoms with E-state index in [-0.39, 0.29) is 24.2 Å². The highest BCUT2D eigenvalue weighted by molar-refractivity contribution is 5.92. The molecule has 1 atom stereocenters. The Morgan fingerprint density at radius 3 is 2.31 bits per heavy atom. The number of aromatic carboxylic acids is 1. The maximum atomic E-state index is 12.6.